The van der Waals surface area contributed by atoms with Crippen molar-refractivity contribution in [2.75, 3.05) is 54.9 Å². The van der Waals surface area contributed by atoms with Gasteiger partial charge in [-0.15, -0.1) is 0 Å². The van der Waals surface area contributed by atoms with Crippen LogP contribution in [0.2, 0.25) is 0 Å². The summed E-state index contributed by atoms with van der Waals surface area (Å²) in [5, 5.41) is 3.73. The number of anilines is 4. The highest BCUT2D eigenvalue weighted by Gasteiger charge is 2.27. The number of carbonyl (C=O) groups excluding carboxylic acids is 1. The summed E-state index contributed by atoms with van der Waals surface area (Å²) in [6.07, 6.45) is 2.18. The standard InChI is InChI=1S/C28H40N4O2S/c1-8-9-10-30(7)21-15-19(2)25-23(17-21)35-24-18-22(16-20(3)26(24)29-25)31-11-13-32(14-12-31)27(33)34-28(4,5)6/h15-18,29H,8-14H2,1-7H3. The first-order valence-electron chi connectivity index (χ1n) is 12.7. The Morgan fingerprint density at radius 1 is 1.03 bits per heavy atom. The van der Waals surface area contributed by atoms with Crippen LogP contribution in [0.15, 0.2) is 34.1 Å². The maximum absolute atomic E-state index is 12.5. The summed E-state index contributed by atoms with van der Waals surface area (Å²) in [6.45, 7) is 16.4. The minimum atomic E-state index is -0.465. The Bertz CT molecular complexity index is 1090. The Labute approximate surface area is 215 Å². The van der Waals surface area contributed by atoms with Crippen LogP contribution in [0.1, 0.15) is 51.7 Å². The number of amides is 1. The molecule has 190 valence electrons. The van der Waals surface area contributed by atoms with Gasteiger partial charge in [0, 0.05) is 60.9 Å². The molecule has 2 heterocycles. The number of hydrogen-bond donors (Lipinski definition) is 1. The van der Waals surface area contributed by atoms with Gasteiger partial charge in [-0.05, 0) is 76.4 Å². The fraction of sp³-hybridized carbons (Fsp3) is 0.536. The van der Waals surface area contributed by atoms with Crippen LogP contribution < -0.4 is 15.1 Å². The van der Waals surface area contributed by atoms with Crippen molar-refractivity contribution >= 4 is 40.6 Å². The van der Waals surface area contributed by atoms with E-state index in [0.29, 0.717) is 13.1 Å². The van der Waals surface area contributed by atoms with Crippen LogP contribution in [0, 0.1) is 13.8 Å². The van der Waals surface area contributed by atoms with Gasteiger partial charge < -0.3 is 24.8 Å². The molecule has 0 unspecified atom stereocenters. The number of nitrogens with zero attached hydrogens (tertiary/aromatic N) is 3. The topological polar surface area (TPSA) is 48.0 Å². The highest BCUT2D eigenvalue weighted by Crippen LogP contribution is 2.49. The molecule has 35 heavy (non-hydrogen) atoms. The lowest BCUT2D eigenvalue weighted by Gasteiger charge is -2.37. The van der Waals surface area contributed by atoms with E-state index in [2.05, 4.69) is 67.2 Å². The van der Waals surface area contributed by atoms with Gasteiger partial charge in [-0.1, -0.05) is 25.1 Å². The zero-order valence-electron chi connectivity index (χ0n) is 22.3. The molecule has 1 saturated heterocycles. The quantitative estimate of drug-likeness (QED) is 0.419. The summed E-state index contributed by atoms with van der Waals surface area (Å²) >= 11 is 1.86. The lowest BCUT2D eigenvalue weighted by Crippen LogP contribution is -2.50. The van der Waals surface area contributed by atoms with E-state index in [1.165, 1.54) is 56.5 Å². The van der Waals surface area contributed by atoms with E-state index in [0.717, 1.165) is 19.6 Å². The summed E-state index contributed by atoms with van der Waals surface area (Å²) in [4.78, 5) is 21.5. The van der Waals surface area contributed by atoms with E-state index in [1.807, 2.05) is 37.4 Å². The SMILES string of the molecule is CCCCN(C)c1cc(C)c2c(c1)Sc1cc(N3CCN(C(=O)OC(C)(C)C)CC3)cc(C)c1N2. The van der Waals surface area contributed by atoms with Crippen molar-refractivity contribution in [1.82, 2.24) is 4.90 Å². The molecule has 4 rings (SSSR count). The van der Waals surface area contributed by atoms with Gasteiger partial charge in [-0.25, -0.2) is 4.79 Å². The molecule has 2 aromatic carbocycles. The van der Waals surface area contributed by atoms with Gasteiger partial charge in [0.2, 0.25) is 0 Å². The van der Waals surface area contributed by atoms with Gasteiger partial charge in [0.25, 0.3) is 0 Å². The van der Waals surface area contributed by atoms with E-state index in [1.54, 1.807) is 0 Å². The number of hydrogen-bond acceptors (Lipinski definition) is 6. The number of nitrogens with one attached hydrogen (secondary N) is 1. The number of ether oxygens (including phenoxy) is 1. The molecular formula is C28H40N4O2S. The first-order chi connectivity index (χ1) is 16.6. The van der Waals surface area contributed by atoms with E-state index in [9.17, 15) is 4.79 Å². The highest BCUT2D eigenvalue weighted by atomic mass is 32.2. The van der Waals surface area contributed by atoms with Crippen LogP contribution in [-0.2, 0) is 4.74 Å². The molecule has 0 aromatic heterocycles. The fourth-order valence-electron chi connectivity index (χ4n) is 4.60. The smallest absolute Gasteiger partial charge is 0.410 e. The van der Waals surface area contributed by atoms with Crippen molar-refractivity contribution in [3.05, 3.63) is 35.4 Å². The summed E-state index contributed by atoms with van der Waals surface area (Å²) < 4.78 is 5.56. The lowest BCUT2D eigenvalue weighted by atomic mass is 10.1. The van der Waals surface area contributed by atoms with Gasteiger partial charge in [-0.3, -0.25) is 0 Å². The second-order valence-corrected chi connectivity index (χ2v) is 11.8. The lowest BCUT2D eigenvalue weighted by molar-refractivity contribution is 0.0240. The van der Waals surface area contributed by atoms with Crippen LogP contribution >= 0.6 is 11.8 Å². The van der Waals surface area contributed by atoms with Crippen LogP contribution in [0.3, 0.4) is 0 Å². The highest BCUT2D eigenvalue weighted by molar-refractivity contribution is 7.99. The van der Waals surface area contributed by atoms with Gasteiger partial charge in [-0.2, -0.15) is 0 Å². The summed E-state index contributed by atoms with van der Waals surface area (Å²) in [7, 11) is 2.19. The normalized spacial score (nSPS) is 15.3. The Balaban J connectivity index is 1.50. The number of aryl methyl sites for hydroxylation is 2. The number of rotatable bonds is 5. The van der Waals surface area contributed by atoms with Gasteiger partial charge >= 0.3 is 6.09 Å². The zero-order chi connectivity index (χ0) is 25.3. The largest absolute Gasteiger partial charge is 0.444 e. The molecule has 0 atom stereocenters. The van der Waals surface area contributed by atoms with Gasteiger partial charge in [0.05, 0.1) is 11.4 Å². The maximum atomic E-state index is 12.5. The Morgan fingerprint density at radius 3 is 2.29 bits per heavy atom. The average molecular weight is 497 g/mol. The Morgan fingerprint density at radius 2 is 1.66 bits per heavy atom. The van der Waals surface area contributed by atoms with Gasteiger partial charge in [0.15, 0.2) is 0 Å². The van der Waals surface area contributed by atoms with Crippen LogP contribution in [0.25, 0.3) is 0 Å². The zero-order valence-corrected chi connectivity index (χ0v) is 23.1. The molecule has 0 aliphatic carbocycles. The molecule has 0 radical (unpaired) electrons. The van der Waals surface area contributed by atoms with Crippen LogP contribution in [0.5, 0.6) is 0 Å². The first kappa shape index (κ1) is 25.5. The monoisotopic (exact) mass is 496 g/mol. The third-order valence-electron chi connectivity index (χ3n) is 6.62. The third kappa shape index (κ3) is 5.83. The molecule has 1 fully saturated rings. The molecule has 2 aliphatic rings. The molecule has 6 nitrogen and oxygen atoms in total. The van der Waals surface area contributed by atoms with E-state index >= 15 is 0 Å². The molecule has 0 saturated carbocycles. The number of fused-ring (bicyclic) bond motifs is 2. The van der Waals surface area contributed by atoms with E-state index in [4.69, 9.17) is 4.74 Å². The predicted molar refractivity (Wildman–Crippen MR) is 148 cm³/mol. The summed E-state index contributed by atoms with van der Waals surface area (Å²) in [6, 6.07) is 9.18. The van der Waals surface area contributed by atoms with Crippen LogP contribution in [-0.4, -0.2) is 56.4 Å². The third-order valence-corrected chi connectivity index (χ3v) is 7.71. The Hall–Kier alpha value is -2.54. The molecule has 2 aliphatic heterocycles. The molecule has 2 aromatic rings. The summed E-state index contributed by atoms with van der Waals surface area (Å²) in [5.41, 5.74) is 6.97. The second-order valence-electron chi connectivity index (χ2n) is 10.7. The van der Waals surface area contributed by atoms with Crippen molar-refractivity contribution in [2.24, 2.45) is 0 Å². The van der Waals surface area contributed by atoms with E-state index in [-0.39, 0.29) is 6.09 Å². The summed E-state index contributed by atoms with van der Waals surface area (Å²) in [5.74, 6) is 0. The molecule has 1 amide bonds. The van der Waals surface area contributed by atoms with Crippen LogP contribution in [0.4, 0.5) is 27.5 Å². The second kappa shape index (κ2) is 10.2. The number of carbonyl (C=O) groups is 1. The number of benzene rings is 2. The predicted octanol–water partition coefficient (Wildman–Crippen LogP) is 6.81. The van der Waals surface area contributed by atoms with E-state index < -0.39 is 5.60 Å². The molecular weight excluding hydrogens is 456 g/mol. The minimum absolute atomic E-state index is 0.217. The Kier molecular flexibility index (Phi) is 7.46. The minimum Gasteiger partial charge on any atom is -0.444 e. The molecule has 0 bridgehead atoms. The van der Waals surface area contributed by atoms with Crippen molar-refractivity contribution in [3.63, 3.8) is 0 Å². The van der Waals surface area contributed by atoms with Crippen molar-refractivity contribution < 1.29 is 9.53 Å². The van der Waals surface area contributed by atoms with Gasteiger partial charge in [0.1, 0.15) is 5.60 Å². The van der Waals surface area contributed by atoms with Crippen molar-refractivity contribution in [3.8, 4) is 0 Å². The number of unbranched alkanes of at least 4 members (excludes halogenated alkanes) is 1. The maximum Gasteiger partial charge on any atom is 0.410 e. The molecule has 0 spiro atoms. The van der Waals surface area contributed by atoms with Crippen molar-refractivity contribution in [1.29, 1.82) is 0 Å². The molecule has 7 heteroatoms. The molecule has 1 N–H and O–H groups in total. The fourth-order valence-corrected chi connectivity index (χ4v) is 5.82. The first-order valence-corrected chi connectivity index (χ1v) is 13.6. The average Bonchev–Trinajstić information content (AvgIpc) is 2.80. The van der Waals surface area contributed by atoms with Crippen molar-refractivity contribution in [2.45, 2.75) is 69.8 Å². The number of piperazine rings is 1.